The van der Waals surface area contributed by atoms with Gasteiger partial charge in [0.05, 0.1) is 0 Å². The number of hydrogen-bond acceptors (Lipinski definition) is 6. The van der Waals surface area contributed by atoms with Crippen molar-refractivity contribution in [2.75, 3.05) is 36.8 Å². The van der Waals surface area contributed by atoms with Gasteiger partial charge in [0.1, 0.15) is 5.82 Å². The van der Waals surface area contributed by atoms with Crippen LogP contribution in [0.2, 0.25) is 0 Å². The van der Waals surface area contributed by atoms with Gasteiger partial charge in [-0.3, -0.25) is 5.43 Å². The fraction of sp³-hybridized carbons (Fsp3) is 0.304. The Morgan fingerprint density at radius 1 is 1.07 bits per heavy atom. The quantitative estimate of drug-likeness (QED) is 0.503. The lowest BCUT2D eigenvalue weighted by atomic mass is 10.0. The molecule has 29 heavy (non-hydrogen) atoms. The SMILES string of the molecule is Cc1cccc(-c2cccc(Nc3nccc(NCCCN4CCCN4)n3)c2)c1. The van der Waals surface area contributed by atoms with E-state index in [0.29, 0.717) is 5.95 Å². The van der Waals surface area contributed by atoms with Gasteiger partial charge in [-0.15, -0.1) is 0 Å². The molecule has 0 radical (unpaired) electrons. The third kappa shape index (κ3) is 5.53. The Hall–Kier alpha value is -2.96. The molecule has 0 atom stereocenters. The van der Waals surface area contributed by atoms with Crippen molar-refractivity contribution >= 4 is 17.5 Å². The van der Waals surface area contributed by atoms with Crippen LogP contribution in [0.25, 0.3) is 11.1 Å². The van der Waals surface area contributed by atoms with Crippen LogP contribution in [0.1, 0.15) is 18.4 Å². The first kappa shape index (κ1) is 19.4. The first-order valence-electron chi connectivity index (χ1n) is 10.3. The van der Waals surface area contributed by atoms with E-state index < -0.39 is 0 Å². The first-order chi connectivity index (χ1) is 14.3. The van der Waals surface area contributed by atoms with Crippen LogP contribution in [-0.2, 0) is 0 Å². The van der Waals surface area contributed by atoms with Crippen molar-refractivity contribution in [3.63, 3.8) is 0 Å². The molecule has 0 bridgehead atoms. The number of rotatable bonds is 8. The number of hydrazine groups is 1. The number of anilines is 3. The van der Waals surface area contributed by atoms with Gasteiger partial charge in [-0.05, 0) is 49.1 Å². The van der Waals surface area contributed by atoms with Gasteiger partial charge in [0.25, 0.3) is 0 Å². The summed E-state index contributed by atoms with van der Waals surface area (Å²) < 4.78 is 0. The standard InChI is InChI=1S/C23H28N6/c1-18-6-2-7-19(16-18)20-8-3-9-21(17-20)27-23-25-13-10-22(28-23)24-11-4-14-29-15-5-12-26-29/h2-3,6-10,13,16-17,26H,4-5,11-12,14-15H2,1H3,(H2,24,25,27,28). The summed E-state index contributed by atoms with van der Waals surface area (Å²) in [5, 5.41) is 9.00. The molecule has 150 valence electrons. The highest BCUT2D eigenvalue weighted by Crippen LogP contribution is 2.24. The maximum Gasteiger partial charge on any atom is 0.229 e. The normalized spacial score (nSPS) is 14.1. The maximum atomic E-state index is 4.59. The summed E-state index contributed by atoms with van der Waals surface area (Å²) in [6, 6.07) is 18.8. The third-order valence-corrected chi connectivity index (χ3v) is 4.98. The van der Waals surface area contributed by atoms with Crippen LogP contribution in [0, 0.1) is 6.92 Å². The molecule has 3 aromatic rings. The summed E-state index contributed by atoms with van der Waals surface area (Å²) in [6.45, 7) is 6.29. The molecular weight excluding hydrogens is 360 g/mol. The van der Waals surface area contributed by atoms with E-state index in [1.54, 1.807) is 6.20 Å². The highest BCUT2D eigenvalue weighted by molar-refractivity contribution is 5.70. The summed E-state index contributed by atoms with van der Waals surface area (Å²) in [5.74, 6) is 1.43. The van der Waals surface area contributed by atoms with E-state index in [-0.39, 0.29) is 0 Å². The van der Waals surface area contributed by atoms with Gasteiger partial charge in [-0.1, -0.05) is 42.0 Å². The Kier molecular flexibility index (Phi) is 6.34. The molecule has 1 aliphatic rings. The Morgan fingerprint density at radius 3 is 2.76 bits per heavy atom. The van der Waals surface area contributed by atoms with Crippen LogP contribution in [0.3, 0.4) is 0 Å². The minimum atomic E-state index is 0.595. The van der Waals surface area contributed by atoms with E-state index >= 15 is 0 Å². The molecule has 1 saturated heterocycles. The molecule has 4 rings (SSSR count). The van der Waals surface area contributed by atoms with Gasteiger partial charge in [0.15, 0.2) is 0 Å². The van der Waals surface area contributed by atoms with E-state index in [4.69, 9.17) is 0 Å². The van der Waals surface area contributed by atoms with E-state index in [0.717, 1.165) is 44.1 Å². The minimum Gasteiger partial charge on any atom is -0.370 e. The Bertz CT molecular complexity index is 936. The van der Waals surface area contributed by atoms with Crippen LogP contribution in [0.4, 0.5) is 17.5 Å². The average molecular weight is 389 g/mol. The minimum absolute atomic E-state index is 0.595. The highest BCUT2D eigenvalue weighted by atomic mass is 15.5. The number of benzene rings is 2. The molecule has 1 aliphatic heterocycles. The number of nitrogens with zero attached hydrogens (tertiary/aromatic N) is 3. The molecule has 1 aromatic heterocycles. The molecule has 0 spiro atoms. The van der Waals surface area contributed by atoms with Crippen LogP contribution in [0.5, 0.6) is 0 Å². The van der Waals surface area contributed by atoms with E-state index in [1.165, 1.54) is 23.1 Å². The number of aromatic nitrogens is 2. The topological polar surface area (TPSA) is 65.1 Å². The van der Waals surface area contributed by atoms with E-state index in [1.807, 2.05) is 12.1 Å². The van der Waals surface area contributed by atoms with Crippen molar-refractivity contribution < 1.29 is 0 Å². The average Bonchev–Trinajstić information content (AvgIpc) is 3.25. The first-order valence-corrected chi connectivity index (χ1v) is 10.3. The zero-order valence-corrected chi connectivity index (χ0v) is 16.9. The predicted octanol–water partition coefficient (Wildman–Crippen LogP) is 4.21. The lowest BCUT2D eigenvalue weighted by molar-refractivity contribution is 0.253. The summed E-state index contributed by atoms with van der Waals surface area (Å²) in [4.78, 5) is 8.95. The smallest absolute Gasteiger partial charge is 0.229 e. The molecule has 0 amide bonds. The molecule has 6 heteroatoms. The molecule has 2 aromatic carbocycles. The van der Waals surface area contributed by atoms with Crippen LogP contribution >= 0.6 is 0 Å². The van der Waals surface area contributed by atoms with Crippen LogP contribution in [0.15, 0.2) is 60.8 Å². The molecule has 1 fully saturated rings. The van der Waals surface area contributed by atoms with Crippen molar-refractivity contribution in [2.24, 2.45) is 0 Å². The second kappa shape index (κ2) is 9.49. The van der Waals surface area contributed by atoms with E-state index in [2.05, 4.69) is 80.4 Å². The molecule has 3 N–H and O–H groups in total. The number of aryl methyl sites for hydroxylation is 1. The van der Waals surface area contributed by atoms with Gasteiger partial charge < -0.3 is 10.6 Å². The van der Waals surface area contributed by atoms with Crippen molar-refractivity contribution in [2.45, 2.75) is 19.8 Å². The maximum absolute atomic E-state index is 4.59. The Labute approximate surface area is 172 Å². The largest absolute Gasteiger partial charge is 0.370 e. The van der Waals surface area contributed by atoms with Gasteiger partial charge in [0, 0.05) is 38.1 Å². The van der Waals surface area contributed by atoms with Crippen LogP contribution in [-0.4, -0.2) is 41.2 Å². The monoisotopic (exact) mass is 388 g/mol. The van der Waals surface area contributed by atoms with Crippen molar-refractivity contribution in [3.8, 4) is 11.1 Å². The lowest BCUT2D eigenvalue weighted by Crippen LogP contribution is -2.32. The fourth-order valence-electron chi connectivity index (χ4n) is 3.51. The number of hydrogen-bond donors (Lipinski definition) is 3. The van der Waals surface area contributed by atoms with Crippen LogP contribution < -0.4 is 16.1 Å². The summed E-state index contributed by atoms with van der Waals surface area (Å²) in [6.07, 6.45) is 4.09. The molecule has 2 heterocycles. The zero-order chi connectivity index (χ0) is 19.9. The summed E-state index contributed by atoms with van der Waals surface area (Å²) >= 11 is 0. The third-order valence-electron chi connectivity index (χ3n) is 4.98. The number of nitrogens with one attached hydrogen (secondary N) is 3. The van der Waals surface area contributed by atoms with Gasteiger partial charge in [-0.25, -0.2) is 9.99 Å². The Balaban J connectivity index is 1.35. The van der Waals surface area contributed by atoms with E-state index in [9.17, 15) is 0 Å². The molecule has 0 aliphatic carbocycles. The lowest BCUT2D eigenvalue weighted by Gasteiger charge is -2.15. The molecule has 0 saturated carbocycles. The second-order valence-electron chi connectivity index (χ2n) is 7.37. The summed E-state index contributed by atoms with van der Waals surface area (Å²) in [5.41, 5.74) is 7.98. The highest BCUT2D eigenvalue weighted by Gasteiger charge is 2.09. The molecular formula is C23H28N6. The molecule has 0 unspecified atom stereocenters. The Morgan fingerprint density at radius 2 is 1.93 bits per heavy atom. The van der Waals surface area contributed by atoms with Crippen molar-refractivity contribution in [3.05, 3.63) is 66.4 Å². The summed E-state index contributed by atoms with van der Waals surface area (Å²) in [7, 11) is 0. The van der Waals surface area contributed by atoms with Crippen molar-refractivity contribution in [1.82, 2.24) is 20.4 Å². The predicted molar refractivity (Wildman–Crippen MR) is 119 cm³/mol. The second-order valence-corrected chi connectivity index (χ2v) is 7.37. The zero-order valence-electron chi connectivity index (χ0n) is 16.9. The fourth-order valence-corrected chi connectivity index (χ4v) is 3.51. The van der Waals surface area contributed by atoms with Gasteiger partial charge in [-0.2, -0.15) is 4.98 Å². The van der Waals surface area contributed by atoms with Gasteiger partial charge in [0.2, 0.25) is 5.95 Å². The van der Waals surface area contributed by atoms with Gasteiger partial charge >= 0.3 is 0 Å². The van der Waals surface area contributed by atoms with Crippen molar-refractivity contribution in [1.29, 1.82) is 0 Å². The molecule has 6 nitrogen and oxygen atoms in total.